The predicted molar refractivity (Wildman–Crippen MR) is 68.3 cm³/mol. The summed E-state index contributed by atoms with van der Waals surface area (Å²) in [4.78, 5) is 16.2. The van der Waals surface area contributed by atoms with Crippen LogP contribution in [0.2, 0.25) is 0 Å². The second kappa shape index (κ2) is 4.82. The first kappa shape index (κ1) is 11.4. The van der Waals surface area contributed by atoms with E-state index in [1.807, 2.05) is 44.3 Å². The van der Waals surface area contributed by atoms with Crippen LogP contribution in [0.25, 0.3) is 0 Å². The molecule has 0 saturated carbocycles. The van der Waals surface area contributed by atoms with E-state index in [0.717, 1.165) is 17.1 Å². The van der Waals surface area contributed by atoms with Crippen LogP contribution in [0.1, 0.15) is 11.3 Å². The highest BCUT2D eigenvalue weighted by molar-refractivity contribution is 5.34. The van der Waals surface area contributed by atoms with E-state index in [0.29, 0.717) is 6.54 Å². The highest BCUT2D eigenvalue weighted by atomic mass is 16.1. The lowest BCUT2D eigenvalue weighted by Crippen LogP contribution is -2.22. The maximum Gasteiger partial charge on any atom is 0.253 e. The van der Waals surface area contributed by atoms with Gasteiger partial charge in [-0.2, -0.15) is 0 Å². The predicted octanol–water partition coefficient (Wildman–Crippen LogP) is 1.64. The van der Waals surface area contributed by atoms with Gasteiger partial charge in [-0.3, -0.25) is 4.79 Å². The molecule has 0 bridgehead atoms. The van der Waals surface area contributed by atoms with Gasteiger partial charge in [0.15, 0.2) is 0 Å². The normalized spacial score (nSPS) is 10.2. The molecule has 0 aliphatic heterocycles. The molecule has 0 fully saturated rings. The van der Waals surface area contributed by atoms with Gasteiger partial charge in [0.25, 0.3) is 5.56 Å². The van der Waals surface area contributed by atoms with Gasteiger partial charge >= 0.3 is 0 Å². The molecular formula is C13H15N3O. The zero-order valence-electron chi connectivity index (χ0n) is 9.97. The zero-order chi connectivity index (χ0) is 12.3. The Kier molecular flexibility index (Phi) is 3.23. The Labute approximate surface area is 99.9 Å². The van der Waals surface area contributed by atoms with Gasteiger partial charge in [-0.05, 0) is 25.1 Å². The number of rotatable bonds is 3. The van der Waals surface area contributed by atoms with Crippen molar-refractivity contribution in [3.63, 3.8) is 0 Å². The highest BCUT2D eigenvalue weighted by Crippen LogP contribution is 2.04. The fourth-order valence-electron chi connectivity index (χ4n) is 1.66. The van der Waals surface area contributed by atoms with Gasteiger partial charge in [-0.25, -0.2) is 4.98 Å². The molecule has 17 heavy (non-hydrogen) atoms. The maximum atomic E-state index is 11.8. The summed E-state index contributed by atoms with van der Waals surface area (Å²) in [6.07, 6.45) is 1.78. The third kappa shape index (κ3) is 2.53. The average molecular weight is 229 g/mol. The lowest BCUT2D eigenvalue weighted by molar-refractivity contribution is 0.734. The van der Waals surface area contributed by atoms with E-state index < -0.39 is 0 Å². The molecular weight excluding hydrogens is 214 g/mol. The van der Waals surface area contributed by atoms with Gasteiger partial charge in [0, 0.05) is 18.8 Å². The standard InChI is InChI=1S/C13H15N3O/c1-10-5-4-8-16(13(10)17)9-11-6-3-7-12(14-2)15-11/h3-8H,9H2,1-2H3,(H,14,15). The topological polar surface area (TPSA) is 46.9 Å². The van der Waals surface area contributed by atoms with Crippen molar-refractivity contribution < 1.29 is 0 Å². The Morgan fingerprint density at radius 3 is 2.88 bits per heavy atom. The Bertz CT molecular complexity index is 575. The third-order valence-electron chi connectivity index (χ3n) is 2.61. The van der Waals surface area contributed by atoms with Crippen LogP contribution in [-0.4, -0.2) is 16.6 Å². The summed E-state index contributed by atoms with van der Waals surface area (Å²) in [6.45, 7) is 2.31. The largest absolute Gasteiger partial charge is 0.373 e. The molecule has 4 nitrogen and oxygen atoms in total. The molecule has 0 spiro atoms. The Morgan fingerprint density at radius 1 is 1.29 bits per heavy atom. The van der Waals surface area contributed by atoms with Crippen LogP contribution >= 0.6 is 0 Å². The van der Waals surface area contributed by atoms with E-state index in [1.54, 1.807) is 10.8 Å². The lowest BCUT2D eigenvalue weighted by atomic mass is 10.3. The van der Waals surface area contributed by atoms with Gasteiger partial charge < -0.3 is 9.88 Å². The third-order valence-corrected chi connectivity index (χ3v) is 2.61. The Morgan fingerprint density at radius 2 is 2.12 bits per heavy atom. The van der Waals surface area contributed by atoms with Crippen molar-refractivity contribution in [3.8, 4) is 0 Å². The summed E-state index contributed by atoms with van der Waals surface area (Å²) in [5.74, 6) is 0.809. The van der Waals surface area contributed by atoms with Gasteiger partial charge in [-0.15, -0.1) is 0 Å². The van der Waals surface area contributed by atoms with E-state index in [2.05, 4.69) is 10.3 Å². The second-order valence-corrected chi connectivity index (χ2v) is 3.89. The molecule has 4 heteroatoms. The van der Waals surface area contributed by atoms with E-state index in [9.17, 15) is 4.79 Å². The Hall–Kier alpha value is -2.10. The van der Waals surface area contributed by atoms with Gasteiger partial charge in [0.05, 0.1) is 12.2 Å². The number of aryl methyl sites for hydroxylation is 1. The number of hydrogen-bond acceptors (Lipinski definition) is 3. The number of aromatic nitrogens is 2. The molecule has 0 aliphatic carbocycles. The van der Waals surface area contributed by atoms with Crippen LogP contribution < -0.4 is 10.9 Å². The molecule has 2 aromatic heterocycles. The molecule has 0 saturated heterocycles. The van der Waals surface area contributed by atoms with Crippen LogP contribution in [0.5, 0.6) is 0 Å². The first-order chi connectivity index (χ1) is 8.20. The minimum absolute atomic E-state index is 0.0316. The van der Waals surface area contributed by atoms with Crippen molar-refractivity contribution in [2.75, 3.05) is 12.4 Å². The van der Waals surface area contributed by atoms with Crippen LogP contribution in [-0.2, 0) is 6.54 Å². The first-order valence-electron chi connectivity index (χ1n) is 5.50. The van der Waals surface area contributed by atoms with Crippen LogP contribution in [0.15, 0.2) is 41.3 Å². The van der Waals surface area contributed by atoms with Crippen molar-refractivity contribution >= 4 is 5.82 Å². The van der Waals surface area contributed by atoms with Crippen molar-refractivity contribution in [1.82, 2.24) is 9.55 Å². The monoisotopic (exact) mass is 229 g/mol. The molecule has 0 amide bonds. The molecule has 2 heterocycles. The van der Waals surface area contributed by atoms with E-state index in [1.165, 1.54) is 0 Å². The molecule has 0 atom stereocenters. The summed E-state index contributed by atoms with van der Waals surface area (Å²) in [5.41, 5.74) is 1.64. The number of anilines is 1. The van der Waals surface area contributed by atoms with Gasteiger partial charge in [-0.1, -0.05) is 12.1 Å². The maximum absolute atomic E-state index is 11.8. The molecule has 0 aliphatic rings. The van der Waals surface area contributed by atoms with Crippen LogP contribution in [0.4, 0.5) is 5.82 Å². The van der Waals surface area contributed by atoms with E-state index in [-0.39, 0.29) is 5.56 Å². The quantitative estimate of drug-likeness (QED) is 0.870. The summed E-state index contributed by atoms with van der Waals surface area (Å²) in [7, 11) is 1.82. The van der Waals surface area contributed by atoms with Crippen molar-refractivity contribution in [2.45, 2.75) is 13.5 Å². The molecule has 0 radical (unpaired) electrons. The number of hydrogen-bond donors (Lipinski definition) is 1. The van der Waals surface area contributed by atoms with E-state index >= 15 is 0 Å². The number of nitrogens with one attached hydrogen (secondary N) is 1. The summed E-state index contributed by atoms with van der Waals surface area (Å²) >= 11 is 0. The summed E-state index contributed by atoms with van der Waals surface area (Å²) in [6, 6.07) is 9.42. The second-order valence-electron chi connectivity index (χ2n) is 3.89. The van der Waals surface area contributed by atoms with Crippen LogP contribution in [0, 0.1) is 6.92 Å². The Balaban J connectivity index is 2.31. The number of nitrogens with zero attached hydrogens (tertiary/aromatic N) is 2. The molecule has 2 rings (SSSR count). The molecule has 0 unspecified atom stereocenters. The zero-order valence-corrected chi connectivity index (χ0v) is 9.97. The number of pyridine rings is 2. The molecule has 2 aromatic rings. The molecule has 0 aromatic carbocycles. The molecule has 88 valence electrons. The smallest absolute Gasteiger partial charge is 0.253 e. The fourth-order valence-corrected chi connectivity index (χ4v) is 1.66. The van der Waals surface area contributed by atoms with E-state index in [4.69, 9.17) is 0 Å². The minimum Gasteiger partial charge on any atom is -0.373 e. The summed E-state index contributed by atoms with van der Waals surface area (Å²) < 4.78 is 1.66. The van der Waals surface area contributed by atoms with Gasteiger partial charge in [0.2, 0.25) is 0 Å². The summed E-state index contributed by atoms with van der Waals surface area (Å²) in [5, 5.41) is 2.98. The lowest BCUT2D eigenvalue weighted by Gasteiger charge is -2.07. The minimum atomic E-state index is 0.0316. The average Bonchev–Trinajstić information content (AvgIpc) is 2.35. The van der Waals surface area contributed by atoms with Crippen molar-refractivity contribution in [3.05, 3.63) is 58.1 Å². The highest BCUT2D eigenvalue weighted by Gasteiger charge is 2.01. The van der Waals surface area contributed by atoms with Gasteiger partial charge in [0.1, 0.15) is 5.82 Å². The van der Waals surface area contributed by atoms with Crippen molar-refractivity contribution in [1.29, 1.82) is 0 Å². The molecule has 1 N–H and O–H groups in total. The van der Waals surface area contributed by atoms with Crippen molar-refractivity contribution in [2.24, 2.45) is 0 Å². The van der Waals surface area contributed by atoms with Crippen LogP contribution in [0.3, 0.4) is 0 Å². The first-order valence-corrected chi connectivity index (χ1v) is 5.50. The SMILES string of the molecule is CNc1cccc(Cn2cccc(C)c2=O)n1. The fraction of sp³-hybridized carbons (Fsp3) is 0.231.